The Balaban J connectivity index is 2.56. The summed E-state index contributed by atoms with van der Waals surface area (Å²) in [6.45, 7) is 0.559. The van der Waals surface area contributed by atoms with Gasteiger partial charge in [-0.25, -0.2) is 0 Å². The van der Waals surface area contributed by atoms with Gasteiger partial charge in [0.25, 0.3) is 0 Å². The first-order valence-corrected chi connectivity index (χ1v) is 6.15. The number of nitrogens with one attached hydrogen (secondary N) is 1. The van der Waals surface area contributed by atoms with E-state index in [1.165, 1.54) is 0 Å². The van der Waals surface area contributed by atoms with Gasteiger partial charge in [0.1, 0.15) is 11.6 Å². The molecule has 88 valence electrons. The van der Waals surface area contributed by atoms with Crippen LogP contribution in [0.15, 0.2) is 22.7 Å². The fourth-order valence-corrected chi connectivity index (χ4v) is 1.74. The summed E-state index contributed by atoms with van der Waals surface area (Å²) in [7, 11) is 1.63. The van der Waals surface area contributed by atoms with Gasteiger partial charge in [0, 0.05) is 11.0 Å². The Morgan fingerprint density at radius 2 is 2.31 bits per heavy atom. The normalized spacial score (nSPS) is 9.94. The highest BCUT2D eigenvalue weighted by atomic mass is 79.9. The van der Waals surface area contributed by atoms with Crippen molar-refractivity contribution in [2.75, 3.05) is 19.5 Å². The number of carbonyl (C=O) groups is 1. The molecule has 1 rings (SSSR count). The molecular weight excluding hydrogens is 293 g/mol. The van der Waals surface area contributed by atoms with E-state index >= 15 is 0 Å². The lowest BCUT2D eigenvalue weighted by atomic mass is 10.1. The average Bonchev–Trinajstić information content (AvgIpc) is 2.30. The zero-order chi connectivity index (χ0) is 12.0. The van der Waals surface area contributed by atoms with Gasteiger partial charge in [0.15, 0.2) is 0 Å². The first-order valence-electron chi connectivity index (χ1n) is 4.82. The summed E-state index contributed by atoms with van der Waals surface area (Å²) in [5.74, 6) is 0.657. The van der Waals surface area contributed by atoms with Crippen LogP contribution in [0, 0.1) is 0 Å². The van der Waals surface area contributed by atoms with Crippen molar-refractivity contribution in [1.82, 2.24) is 5.32 Å². The Hall–Kier alpha value is -0.740. The number of alkyl halides is 1. The van der Waals surface area contributed by atoms with Crippen LogP contribution in [0.4, 0.5) is 0 Å². The van der Waals surface area contributed by atoms with Gasteiger partial charge in [-0.2, -0.15) is 0 Å². The predicted molar refractivity (Wildman–Crippen MR) is 68.1 cm³/mol. The molecule has 1 aromatic rings. The van der Waals surface area contributed by atoms with Gasteiger partial charge in [-0.15, -0.1) is 11.6 Å². The third-order valence-electron chi connectivity index (χ3n) is 2.09. The average molecular weight is 307 g/mol. The monoisotopic (exact) mass is 305 g/mol. The van der Waals surface area contributed by atoms with E-state index in [1.807, 2.05) is 18.2 Å². The molecular formula is C11H13BrClNO2. The molecule has 16 heavy (non-hydrogen) atoms. The first-order chi connectivity index (χ1) is 7.67. The number of ether oxygens (including phenoxy) is 1. The SMILES string of the molecule is COc1cc(Br)ccc1CCNC(=O)CCl. The van der Waals surface area contributed by atoms with Gasteiger partial charge in [-0.05, 0) is 24.1 Å². The second-order valence-electron chi connectivity index (χ2n) is 3.19. The molecule has 0 radical (unpaired) electrons. The summed E-state index contributed by atoms with van der Waals surface area (Å²) in [4.78, 5) is 10.9. The van der Waals surface area contributed by atoms with Crippen molar-refractivity contribution >= 4 is 33.4 Å². The number of carbonyl (C=O) groups excluding carboxylic acids is 1. The van der Waals surface area contributed by atoms with Crippen LogP contribution < -0.4 is 10.1 Å². The van der Waals surface area contributed by atoms with Crippen molar-refractivity contribution in [3.05, 3.63) is 28.2 Å². The van der Waals surface area contributed by atoms with Crippen molar-refractivity contribution in [2.45, 2.75) is 6.42 Å². The van der Waals surface area contributed by atoms with Crippen LogP contribution >= 0.6 is 27.5 Å². The van der Waals surface area contributed by atoms with E-state index in [4.69, 9.17) is 16.3 Å². The molecule has 0 atom stereocenters. The number of halogens is 2. The lowest BCUT2D eigenvalue weighted by Crippen LogP contribution is -2.26. The Morgan fingerprint density at radius 3 is 2.94 bits per heavy atom. The zero-order valence-corrected chi connectivity index (χ0v) is 11.3. The molecule has 1 aromatic carbocycles. The standard InChI is InChI=1S/C11H13BrClNO2/c1-16-10-6-9(12)3-2-8(10)4-5-14-11(15)7-13/h2-3,6H,4-5,7H2,1H3,(H,14,15). The molecule has 0 aliphatic heterocycles. The molecule has 0 aliphatic rings. The Kier molecular flexibility index (Phi) is 5.63. The minimum atomic E-state index is -0.155. The number of methoxy groups -OCH3 is 1. The second kappa shape index (κ2) is 6.76. The van der Waals surface area contributed by atoms with Gasteiger partial charge >= 0.3 is 0 Å². The summed E-state index contributed by atoms with van der Waals surface area (Å²) < 4.78 is 6.21. The third kappa shape index (κ3) is 4.02. The van der Waals surface area contributed by atoms with Crippen molar-refractivity contribution in [1.29, 1.82) is 0 Å². The Morgan fingerprint density at radius 1 is 1.56 bits per heavy atom. The molecule has 5 heteroatoms. The van der Waals surface area contributed by atoms with Gasteiger partial charge in [-0.1, -0.05) is 22.0 Å². The summed E-state index contributed by atoms with van der Waals surface area (Å²) in [6, 6.07) is 5.82. The van der Waals surface area contributed by atoms with Gasteiger partial charge < -0.3 is 10.1 Å². The van der Waals surface area contributed by atoms with Crippen LogP contribution in [0.25, 0.3) is 0 Å². The highest BCUT2D eigenvalue weighted by molar-refractivity contribution is 9.10. The van der Waals surface area contributed by atoms with Crippen molar-refractivity contribution in [3.63, 3.8) is 0 Å². The van der Waals surface area contributed by atoms with Crippen LogP contribution in [0.2, 0.25) is 0 Å². The number of benzene rings is 1. The predicted octanol–water partition coefficient (Wildman–Crippen LogP) is 2.36. The number of amides is 1. The van der Waals surface area contributed by atoms with Gasteiger partial charge in [-0.3, -0.25) is 4.79 Å². The molecule has 1 amide bonds. The van der Waals surface area contributed by atoms with Gasteiger partial charge in [0.05, 0.1) is 7.11 Å². The van der Waals surface area contributed by atoms with E-state index in [1.54, 1.807) is 7.11 Å². The van der Waals surface area contributed by atoms with E-state index in [-0.39, 0.29) is 11.8 Å². The van der Waals surface area contributed by atoms with E-state index < -0.39 is 0 Å². The summed E-state index contributed by atoms with van der Waals surface area (Å²) >= 11 is 8.74. The molecule has 0 saturated heterocycles. The Bertz CT molecular complexity index is 371. The summed E-state index contributed by atoms with van der Waals surface area (Å²) in [5, 5.41) is 2.71. The minimum Gasteiger partial charge on any atom is -0.496 e. The molecule has 0 aliphatic carbocycles. The summed E-state index contributed by atoms with van der Waals surface area (Å²) in [5.41, 5.74) is 1.06. The maximum absolute atomic E-state index is 10.9. The zero-order valence-electron chi connectivity index (χ0n) is 8.93. The minimum absolute atomic E-state index is 0.00251. The third-order valence-corrected chi connectivity index (χ3v) is 2.82. The van der Waals surface area contributed by atoms with Crippen molar-refractivity contribution in [3.8, 4) is 5.75 Å². The highest BCUT2D eigenvalue weighted by Crippen LogP contribution is 2.23. The topological polar surface area (TPSA) is 38.3 Å². The van der Waals surface area contributed by atoms with Gasteiger partial charge in [0.2, 0.25) is 5.91 Å². The molecule has 0 unspecified atom stereocenters. The first kappa shape index (κ1) is 13.3. The fourth-order valence-electron chi connectivity index (χ4n) is 1.31. The smallest absolute Gasteiger partial charge is 0.234 e. The molecule has 1 N–H and O–H groups in total. The second-order valence-corrected chi connectivity index (χ2v) is 4.37. The largest absolute Gasteiger partial charge is 0.496 e. The maximum atomic E-state index is 10.9. The van der Waals surface area contributed by atoms with E-state index in [0.29, 0.717) is 6.54 Å². The molecule has 0 bridgehead atoms. The maximum Gasteiger partial charge on any atom is 0.234 e. The lowest BCUT2D eigenvalue weighted by Gasteiger charge is -2.09. The van der Waals surface area contributed by atoms with Crippen LogP contribution in [0.1, 0.15) is 5.56 Å². The summed E-state index contributed by atoms with van der Waals surface area (Å²) in [6.07, 6.45) is 0.721. The fraction of sp³-hybridized carbons (Fsp3) is 0.364. The molecule has 3 nitrogen and oxygen atoms in total. The van der Waals surface area contributed by atoms with Crippen LogP contribution in [-0.4, -0.2) is 25.4 Å². The highest BCUT2D eigenvalue weighted by Gasteiger charge is 2.04. The number of hydrogen-bond donors (Lipinski definition) is 1. The lowest BCUT2D eigenvalue weighted by molar-refractivity contribution is -0.118. The van der Waals surface area contributed by atoms with Crippen LogP contribution in [0.3, 0.4) is 0 Å². The Labute approximate surface area is 108 Å². The van der Waals surface area contributed by atoms with Crippen LogP contribution in [-0.2, 0) is 11.2 Å². The van der Waals surface area contributed by atoms with Crippen LogP contribution in [0.5, 0.6) is 5.75 Å². The number of rotatable bonds is 5. The van der Waals surface area contributed by atoms with E-state index in [2.05, 4.69) is 21.2 Å². The van der Waals surface area contributed by atoms with E-state index in [9.17, 15) is 4.79 Å². The molecule has 0 fully saturated rings. The molecule has 0 spiro atoms. The van der Waals surface area contributed by atoms with Crippen molar-refractivity contribution < 1.29 is 9.53 Å². The molecule has 0 heterocycles. The number of hydrogen-bond acceptors (Lipinski definition) is 2. The molecule has 0 saturated carbocycles. The molecule has 0 aromatic heterocycles. The van der Waals surface area contributed by atoms with Crippen molar-refractivity contribution in [2.24, 2.45) is 0 Å². The quantitative estimate of drug-likeness (QED) is 0.848. The van der Waals surface area contributed by atoms with E-state index in [0.717, 1.165) is 22.2 Å².